The minimum absolute atomic E-state index is 0. The standard InChI is InChI=1S/C25H31N3O3.2ClH/c1-30-23-16-21-9-11-28(18-22(21)17-24(23)31-2)25(29)19-27-14-12-26(13-15-27)10-8-20-6-4-3-5-7-20;;/h3-8,10,16-17H,9,11-15,18-19H2,1-2H3;2*1H/b10-8+;;. The van der Waals surface area contributed by atoms with E-state index in [9.17, 15) is 4.79 Å². The summed E-state index contributed by atoms with van der Waals surface area (Å²) in [5.74, 6) is 1.67. The molecular weight excluding hydrogens is 461 g/mol. The summed E-state index contributed by atoms with van der Waals surface area (Å²) in [6.07, 6.45) is 5.16. The molecule has 0 N–H and O–H groups in total. The van der Waals surface area contributed by atoms with Gasteiger partial charge in [0.15, 0.2) is 11.5 Å². The van der Waals surface area contributed by atoms with Gasteiger partial charge in [-0.15, -0.1) is 24.8 Å². The number of hydrogen-bond acceptors (Lipinski definition) is 5. The van der Waals surface area contributed by atoms with Gasteiger partial charge in [0.2, 0.25) is 5.91 Å². The van der Waals surface area contributed by atoms with Crippen LogP contribution in [0.5, 0.6) is 11.5 Å². The molecule has 2 aromatic rings. The highest BCUT2D eigenvalue weighted by atomic mass is 35.5. The van der Waals surface area contributed by atoms with Crippen molar-refractivity contribution in [3.05, 3.63) is 65.4 Å². The quantitative estimate of drug-likeness (QED) is 0.613. The van der Waals surface area contributed by atoms with Crippen LogP contribution in [-0.2, 0) is 17.8 Å². The van der Waals surface area contributed by atoms with Crippen LogP contribution < -0.4 is 9.47 Å². The van der Waals surface area contributed by atoms with Crippen LogP contribution in [-0.4, -0.2) is 74.1 Å². The number of carbonyl (C=O) groups is 1. The van der Waals surface area contributed by atoms with E-state index in [4.69, 9.17) is 9.47 Å². The Labute approximate surface area is 209 Å². The molecule has 0 radical (unpaired) electrons. The van der Waals surface area contributed by atoms with Crippen LogP contribution in [0.2, 0.25) is 0 Å². The third kappa shape index (κ3) is 6.79. The Hall–Kier alpha value is -2.41. The Kier molecular flexibility index (Phi) is 10.4. The van der Waals surface area contributed by atoms with Gasteiger partial charge in [0.25, 0.3) is 0 Å². The second kappa shape index (κ2) is 12.7. The topological polar surface area (TPSA) is 45.3 Å². The predicted octanol–water partition coefficient (Wildman–Crippen LogP) is 3.72. The zero-order valence-corrected chi connectivity index (χ0v) is 20.9. The third-order valence-corrected chi connectivity index (χ3v) is 6.11. The smallest absolute Gasteiger partial charge is 0.237 e. The van der Waals surface area contributed by atoms with Gasteiger partial charge in [0, 0.05) is 39.3 Å². The molecule has 0 spiro atoms. The Morgan fingerprint density at radius 2 is 1.55 bits per heavy atom. The summed E-state index contributed by atoms with van der Waals surface area (Å²) in [6, 6.07) is 14.4. The normalized spacial score (nSPS) is 15.9. The molecule has 2 aliphatic rings. The highest BCUT2D eigenvalue weighted by Gasteiger charge is 2.25. The molecule has 0 saturated carbocycles. The van der Waals surface area contributed by atoms with E-state index in [0.29, 0.717) is 13.1 Å². The van der Waals surface area contributed by atoms with Gasteiger partial charge in [-0.1, -0.05) is 30.3 Å². The molecule has 0 atom stereocenters. The Morgan fingerprint density at radius 1 is 0.909 bits per heavy atom. The van der Waals surface area contributed by atoms with E-state index < -0.39 is 0 Å². The molecule has 180 valence electrons. The zero-order chi connectivity index (χ0) is 21.6. The number of methoxy groups -OCH3 is 2. The fraction of sp³-hybridized carbons (Fsp3) is 0.400. The van der Waals surface area contributed by atoms with Crippen molar-refractivity contribution in [1.82, 2.24) is 14.7 Å². The third-order valence-electron chi connectivity index (χ3n) is 6.11. The van der Waals surface area contributed by atoms with Gasteiger partial charge >= 0.3 is 0 Å². The van der Waals surface area contributed by atoms with E-state index in [1.54, 1.807) is 14.2 Å². The molecule has 1 saturated heterocycles. The molecular formula is C25H33Cl2N3O3. The number of benzene rings is 2. The van der Waals surface area contributed by atoms with E-state index in [0.717, 1.165) is 56.2 Å². The molecule has 2 aliphatic heterocycles. The maximum atomic E-state index is 12.9. The van der Waals surface area contributed by atoms with Crippen LogP contribution in [0, 0.1) is 0 Å². The number of rotatable bonds is 6. The van der Waals surface area contributed by atoms with Crippen molar-refractivity contribution >= 4 is 36.8 Å². The van der Waals surface area contributed by atoms with Gasteiger partial charge in [0.05, 0.1) is 20.8 Å². The Balaban J connectivity index is 0.00000193. The van der Waals surface area contributed by atoms with Crippen LogP contribution in [0.3, 0.4) is 0 Å². The average Bonchev–Trinajstić information content (AvgIpc) is 2.83. The first-order valence-corrected chi connectivity index (χ1v) is 10.9. The summed E-state index contributed by atoms with van der Waals surface area (Å²) in [6.45, 7) is 5.56. The van der Waals surface area contributed by atoms with Gasteiger partial charge < -0.3 is 19.3 Å². The lowest BCUT2D eigenvalue weighted by Crippen LogP contribution is -2.49. The van der Waals surface area contributed by atoms with Crippen LogP contribution in [0.1, 0.15) is 16.7 Å². The molecule has 0 aliphatic carbocycles. The largest absolute Gasteiger partial charge is 0.493 e. The SMILES string of the molecule is COc1cc2c(cc1OC)CN(C(=O)CN1CCN(/C=C/c3ccccc3)CC1)CC2.Cl.Cl. The second-order valence-electron chi connectivity index (χ2n) is 8.08. The van der Waals surface area contributed by atoms with E-state index in [-0.39, 0.29) is 30.7 Å². The fourth-order valence-electron chi connectivity index (χ4n) is 4.21. The second-order valence-corrected chi connectivity index (χ2v) is 8.08. The molecule has 0 bridgehead atoms. The average molecular weight is 494 g/mol. The number of piperazine rings is 1. The molecule has 0 unspecified atom stereocenters. The number of amides is 1. The van der Waals surface area contributed by atoms with E-state index in [1.165, 1.54) is 11.1 Å². The van der Waals surface area contributed by atoms with Gasteiger partial charge in [0.1, 0.15) is 0 Å². The lowest BCUT2D eigenvalue weighted by molar-refractivity contribution is -0.133. The molecule has 8 heteroatoms. The van der Waals surface area contributed by atoms with E-state index in [2.05, 4.69) is 46.3 Å². The van der Waals surface area contributed by atoms with Gasteiger partial charge in [-0.3, -0.25) is 9.69 Å². The lowest BCUT2D eigenvalue weighted by atomic mass is 9.98. The number of nitrogens with zero attached hydrogens (tertiary/aromatic N) is 3. The van der Waals surface area contributed by atoms with Crippen LogP contribution in [0.15, 0.2) is 48.7 Å². The molecule has 0 aromatic heterocycles. The lowest BCUT2D eigenvalue weighted by Gasteiger charge is -2.36. The minimum Gasteiger partial charge on any atom is -0.493 e. The van der Waals surface area contributed by atoms with E-state index >= 15 is 0 Å². The van der Waals surface area contributed by atoms with Crippen molar-refractivity contribution in [3.8, 4) is 11.5 Å². The summed E-state index contributed by atoms with van der Waals surface area (Å²) >= 11 is 0. The summed E-state index contributed by atoms with van der Waals surface area (Å²) in [7, 11) is 3.30. The summed E-state index contributed by atoms with van der Waals surface area (Å²) in [4.78, 5) is 19.5. The van der Waals surface area contributed by atoms with Crippen molar-refractivity contribution in [1.29, 1.82) is 0 Å². The summed E-state index contributed by atoms with van der Waals surface area (Å²) < 4.78 is 10.8. The molecule has 2 heterocycles. The van der Waals surface area contributed by atoms with Gasteiger partial charge in [-0.2, -0.15) is 0 Å². The molecule has 2 aromatic carbocycles. The number of ether oxygens (including phenoxy) is 2. The van der Waals surface area contributed by atoms with Crippen molar-refractivity contribution < 1.29 is 14.3 Å². The van der Waals surface area contributed by atoms with Crippen molar-refractivity contribution in [2.75, 3.05) is 53.5 Å². The monoisotopic (exact) mass is 493 g/mol. The Morgan fingerprint density at radius 3 is 2.18 bits per heavy atom. The fourth-order valence-corrected chi connectivity index (χ4v) is 4.21. The molecule has 4 rings (SSSR count). The first-order valence-electron chi connectivity index (χ1n) is 10.9. The summed E-state index contributed by atoms with van der Waals surface area (Å²) in [5.41, 5.74) is 3.59. The molecule has 6 nitrogen and oxygen atoms in total. The maximum Gasteiger partial charge on any atom is 0.237 e. The zero-order valence-electron chi connectivity index (χ0n) is 19.2. The van der Waals surface area contributed by atoms with E-state index in [1.807, 2.05) is 23.1 Å². The van der Waals surface area contributed by atoms with Gasteiger partial charge in [-0.05, 0) is 47.5 Å². The number of hydrogen-bond donors (Lipinski definition) is 0. The van der Waals surface area contributed by atoms with Crippen molar-refractivity contribution in [2.24, 2.45) is 0 Å². The predicted molar refractivity (Wildman–Crippen MR) is 137 cm³/mol. The molecule has 1 fully saturated rings. The molecule has 1 amide bonds. The highest BCUT2D eigenvalue weighted by molar-refractivity contribution is 5.85. The maximum absolute atomic E-state index is 12.9. The Bertz CT molecular complexity index is 932. The number of carbonyl (C=O) groups excluding carboxylic acids is 1. The van der Waals surface area contributed by atoms with Crippen molar-refractivity contribution in [2.45, 2.75) is 13.0 Å². The number of halogens is 2. The van der Waals surface area contributed by atoms with Crippen LogP contribution in [0.4, 0.5) is 0 Å². The first-order chi connectivity index (χ1) is 15.2. The highest BCUT2D eigenvalue weighted by Crippen LogP contribution is 2.33. The van der Waals surface area contributed by atoms with Gasteiger partial charge in [-0.25, -0.2) is 0 Å². The van der Waals surface area contributed by atoms with Crippen LogP contribution >= 0.6 is 24.8 Å². The van der Waals surface area contributed by atoms with Crippen LogP contribution in [0.25, 0.3) is 6.08 Å². The first kappa shape index (κ1) is 26.8. The number of fused-ring (bicyclic) bond motifs is 1. The summed E-state index contributed by atoms with van der Waals surface area (Å²) in [5, 5.41) is 0. The molecule has 33 heavy (non-hydrogen) atoms. The minimum atomic E-state index is 0. The van der Waals surface area contributed by atoms with Crippen molar-refractivity contribution in [3.63, 3.8) is 0 Å².